The molecule has 0 saturated carbocycles. The molecule has 1 unspecified atom stereocenters. The van der Waals surface area contributed by atoms with Gasteiger partial charge in [-0.15, -0.1) is 9.60 Å². The molecule has 1 aromatic rings. The van der Waals surface area contributed by atoms with Gasteiger partial charge >= 0.3 is 5.97 Å². The van der Waals surface area contributed by atoms with E-state index in [2.05, 4.69) is 0 Å². The van der Waals surface area contributed by atoms with Crippen LogP contribution in [0, 0.1) is 5.82 Å². The first-order valence-corrected chi connectivity index (χ1v) is 5.08. The molecule has 0 bridgehead atoms. The number of nitrogens with zero attached hydrogens (tertiary/aromatic N) is 1. The summed E-state index contributed by atoms with van der Waals surface area (Å²) in [5.74, 6) is -2.37. The number of hydrogen-bond donors (Lipinski definition) is 2. The molecule has 0 aliphatic rings. The maximum atomic E-state index is 13.3. The van der Waals surface area contributed by atoms with Crippen LogP contribution in [0.25, 0.3) is 0 Å². The van der Waals surface area contributed by atoms with Crippen LogP contribution in [0.3, 0.4) is 0 Å². The summed E-state index contributed by atoms with van der Waals surface area (Å²) in [6, 6.07) is 1.90. The minimum Gasteiger partial charge on any atom is -0.508 e. The molecule has 0 heterocycles. The number of likely N-dealkylation sites (N-methyl/N-ethyl adjacent to an activating group) is 1. The molecule has 0 fully saturated rings. The third-order valence-corrected chi connectivity index (χ3v) is 2.38. The summed E-state index contributed by atoms with van der Waals surface area (Å²) in [4.78, 5) is 10.8. The van der Waals surface area contributed by atoms with E-state index in [0.29, 0.717) is 0 Å². The first-order chi connectivity index (χ1) is 7.95. The van der Waals surface area contributed by atoms with Crippen molar-refractivity contribution in [3.63, 3.8) is 0 Å². The van der Waals surface area contributed by atoms with Crippen molar-refractivity contribution >= 4 is 5.97 Å². The molecule has 0 amide bonds. The Morgan fingerprint density at radius 2 is 2.18 bits per heavy atom. The average molecular weight is 245 g/mol. The van der Waals surface area contributed by atoms with Gasteiger partial charge in [-0.2, -0.15) is 0 Å². The van der Waals surface area contributed by atoms with Crippen molar-refractivity contribution in [3.05, 3.63) is 29.6 Å². The van der Waals surface area contributed by atoms with Gasteiger partial charge in [0.15, 0.2) is 0 Å². The van der Waals surface area contributed by atoms with E-state index in [-0.39, 0.29) is 29.4 Å². The van der Waals surface area contributed by atoms with Gasteiger partial charge in [-0.1, -0.05) is 6.07 Å². The minimum absolute atomic E-state index is 0.0475. The Bertz CT molecular complexity index is 412. The summed E-state index contributed by atoms with van der Waals surface area (Å²) >= 11 is 0. The summed E-state index contributed by atoms with van der Waals surface area (Å²) < 4.78 is 26.6. The van der Waals surface area contributed by atoms with E-state index in [1.165, 1.54) is 19.1 Å². The number of carboxylic acids is 1. The fraction of sp³-hybridized carbons (Fsp3) is 0.364. The van der Waals surface area contributed by atoms with Crippen LogP contribution in [0.15, 0.2) is 18.2 Å². The minimum atomic E-state index is -1.43. The van der Waals surface area contributed by atoms with E-state index in [1.54, 1.807) is 0 Å². The van der Waals surface area contributed by atoms with E-state index in [4.69, 9.17) is 10.2 Å². The van der Waals surface area contributed by atoms with Crippen LogP contribution in [0.4, 0.5) is 8.87 Å². The Kier molecular flexibility index (Phi) is 4.39. The molecule has 2 N–H and O–H groups in total. The van der Waals surface area contributed by atoms with Gasteiger partial charge in [-0.25, -0.2) is 4.39 Å². The van der Waals surface area contributed by atoms with Gasteiger partial charge in [0.2, 0.25) is 0 Å². The predicted molar refractivity (Wildman–Crippen MR) is 56.7 cm³/mol. The molecule has 1 aromatic carbocycles. The van der Waals surface area contributed by atoms with Crippen LogP contribution in [0.1, 0.15) is 12.5 Å². The van der Waals surface area contributed by atoms with Crippen LogP contribution < -0.4 is 0 Å². The largest absolute Gasteiger partial charge is 0.508 e. The maximum absolute atomic E-state index is 13.3. The highest BCUT2D eigenvalue weighted by atomic mass is 19.2. The summed E-state index contributed by atoms with van der Waals surface area (Å²) in [7, 11) is 0. The number of carboxylic acid groups (broad SMARTS) is 1. The van der Waals surface area contributed by atoms with Crippen molar-refractivity contribution in [1.82, 2.24) is 5.12 Å². The number of aromatic hydroxyl groups is 1. The average Bonchev–Trinajstić information content (AvgIpc) is 2.26. The van der Waals surface area contributed by atoms with Gasteiger partial charge in [-0.05, 0) is 18.6 Å². The van der Waals surface area contributed by atoms with E-state index in [1.807, 2.05) is 0 Å². The van der Waals surface area contributed by atoms with Crippen LogP contribution in [0.2, 0.25) is 0 Å². The normalized spacial score (nSPS) is 12.7. The van der Waals surface area contributed by atoms with Crippen LogP contribution >= 0.6 is 0 Å². The zero-order valence-electron chi connectivity index (χ0n) is 9.23. The lowest BCUT2D eigenvalue weighted by Crippen LogP contribution is -2.37. The fourth-order valence-corrected chi connectivity index (χ4v) is 1.44. The number of aliphatic carboxylic acids is 1. The number of phenols is 1. The number of hydrogen-bond acceptors (Lipinski definition) is 3. The van der Waals surface area contributed by atoms with E-state index < -0.39 is 17.8 Å². The Labute approximate surface area is 97.0 Å². The van der Waals surface area contributed by atoms with Gasteiger partial charge in [0.05, 0.1) is 0 Å². The molecule has 1 atom stereocenters. The lowest BCUT2D eigenvalue weighted by atomic mass is 10.0. The third-order valence-electron chi connectivity index (χ3n) is 2.38. The first kappa shape index (κ1) is 13.4. The van der Waals surface area contributed by atoms with Gasteiger partial charge < -0.3 is 10.2 Å². The van der Waals surface area contributed by atoms with E-state index in [0.717, 1.165) is 6.07 Å². The molecule has 0 radical (unpaired) electrons. The summed E-state index contributed by atoms with van der Waals surface area (Å²) in [5, 5.41) is 18.0. The zero-order chi connectivity index (χ0) is 13.0. The number of halogens is 2. The second-order valence-corrected chi connectivity index (χ2v) is 3.55. The third kappa shape index (κ3) is 3.39. The van der Waals surface area contributed by atoms with Crippen LogP contribution in [-0.4, -0.2) is 33.9 Å². The highest BCUT2D eigenvalue weighted by Gasteiger charge is 2.26. The van der Waals surface area contributed by atoms with Crippen LogP contribution in [0.5, 0.6) is 5.75 Å². The van der Waals surface area contributed by atoms with Gasteiger partial charge in [0, 0.05) is 19.0 Å². The topological polar surface area (TPSA) is 60.8 Å². The zero-order valence-corrected chi connectivity index (χ0v) is 9.23. The lowest BCUT2D eigenvalue weighted by Gasteiger charge is -2.18. The number of benzene rings is 1. The molecule has 0 aliphatic heterocycles. The van der Waals surface area contributed by atoms with Gasteiger partial charge in [0.1, 0.15) is 17.6 Å². The molecule has 0 saturated heterocycles. The second-order valence-electron chi connectivity index (χ2n) is 3.55. The van der Waals surface area contributed by atoms with Crippen molar-refractivity contribution in [1.29, 1.82) is 0 Å². The maximum Gasteiger partial charge on any atom is 0.323 e. The predicted octanol–water partition coefficient (Wildman–Crippen LogP) is 1.73. The van der Waals surface area contributed by atoms with Crippen molar-refractivity contribution in [2.75, 3.05) is 6.54 Å². The Morgan fingerprint density at radius 3 is 2.65 bits per heavy atom. The molecule has 0 aliphatic carbocycles. The van der Waals surface area contributed by atoms with Gasteiger partial charge in [-0.3, -0.25) is 4.79 Å². The van der Waals surface area contributed by atoms with Crippen molar-refractivity contribution < 1.29 is 23.9 Å². The number of carbonyl (C=O) groups is 1. The molecule has 1 rings (SSSR count). The monoisotopic (exact) mass is 245 g/mol. The molecule has 94 valence electrons. The van der Waals surface area contributed by atoms with Crippen molar-refractivity contribution in [3.8, 4) is 5.75 Å². The SMILES string of the molecule is CCN(F)C(Cc1ccc(O)cc1F)C(=O)O. The molecule has 0 aromatic heterocycles. The fourth-order valence-electron chi connectivity index (χ4n) is 1.44. The lowest BCUT2D eigenvalue weighted by molar-refractivity contribution is -0.151. The smallest absolute Gasteiger partial charge is 0.323 e. The molecule has 6 heteroatoms. The first-order valence-electron chi connectivity index (χ1n) is 5.08. The Hall–Kier alpha value is -1.69. The molecular weight excluding hydrogens is 232 g/mol. The van der Waals surface area contributed by atoms with E-state index >= 15 is 0 Å². The Balaban J connectivity index is 2.90. The molecular formula is C11H13F2NO3. The summed E-state index contributed by atoms with van der Waals surface area (Å²) in [5.41, 5.74) is 0.0475. The quantitative estimate of drug-likeness (QED) is 0.775. The second kappa shape index (κ2) is 5.58. The Morgan fingerprint density at radius 1 is 1.53 bits per heavy atom. The number of phenolic OH excluding ortho intramolecular Hbond substituents is 1. The molecule has 0 spiro atoms. The van der Waals surface area contributed by atoms with Gasteiger partial charge in [0.25, 0.3) is 0 Å². The van der Waals surface area contributed by atoms with Crippen molar-refractivity contribution in [2.24, 2.45) is 0 Å². The van der Waals surface area contributed by atoms with E-state index in [9.17, 15) is 13.7 Å². The highest BCUT2D eigenvalue weighted by molar-refractivity contribution is 5.73. The standard InChI is InChI=1S/C11H13F2NO3/c1-2-14(13)10(11(16)17)5-7-3-4-8(15)6-9(7)12/h3-4,6,10,15H,2,5H2,1H3,(H,16,17). The number of rotatable bonds is 5. The van der Waals surface area contributed by atoms with Crippen molar-refractivity contribution in [2.45, 2.75) is 19.4 Å². The summed E-state index contributed by atoms with van der Waals surface area (Å²) in [6.45, 7) is 1.36. The summed E-state index contributed by atoms with van der Waals surface area (Å²) in [6.07, 6.45) is -0.300. The highest BCUT2D eigenvalue weighted by Crippen LogP contribution is 2.18. The molecule has 17 heavy (non-hydrogen) atoms. The van der Waals surface area contributed by atoms with Crippen LogP contribution in [-0.2, 0) is 11.2 Å². The molecule has 4 nitrogen and oxygen atoms in total.